The molecule has 0 spiro atoms. The van der Waals surface area contributed by atoms with Gasteiger partial charge in [-0.3, -0.25) is 0 Å². The molecule has 2 aromatic rings. The molecule has 7 heteroatoms. The molecular weight excluding hydrogens is 320 g/mol. The fourth-order valence-corrected chi connectivity index (χ4v) is 2.16. The van der Waals surface area contributed by atoms with Gasteiger partial charge in [-0.1, -0.05) is 25.1 Å². The lowest BCUT2D eigenvalue weighted by atomic mass is 10.1. The number of aryl methyl sites for hydroxylation is 1. The molecule has 3 N–H and O–H groups in total. The summed E-state index contributed by atoms with van der Waals surface area (Å²) in [7, 11) is 0. The third-order valence-electron chi connectivity index (χ3n) is 3.39. The van der Waals surface area contributed by atoms with Gasteiger partial charge < -0.3 is 20.5 Å². The second-order valence-electron chi connectivity index (χ2n) is 5.14. The molecule has 0 unspecified atom stereocenters. The molecule has 0 saturated carbocycles. The quantitative estimate of drug-likeness (QED) is 0.559. The Morgan fingerprint density at radius 1 is 1.36 bits per heavy atom. The van der Waals surface area contributed by atoms with Crippen LogP contribution in [0.15, 0.2) is 36.4 Å². The highest BCUT2D eigenvalue weighted by Crippen LogP contribution is 2.19. The summed E-state index contributed by atoms with van der Waals surface area (Å²) in [6, 6.07) is 12.9. The van der Waals surface area contributed by atoms with Crippen LogP contribution in [0.1, 0.15) is 18.1 Å². The summed E-state index contributed by atoms with van der Waals surface area (Å²) >= 11 is 0. The minimum atomic E-state index is -0.452. The molecule has 1 heterocycles. The zero-order chi connectivity index (χ0) is 18.1. The summed E-state index contributed by atoms with van der Waals surface area (Å²) in [6.45, 7) is 2.33. The van der Waals surface area contributed by atoms with Crippen molar-refractivity contribution < 1.29 is 14.3 Å². The molecule has 0 fully saturated rings. The van der Waals surface area contributed by atoms with Crippen LogP contribution < -0.4 is 15.8 Å². The van der Waals surface area contributed by atoms with E-state index in [1.54, 1.807) is 18.2 Å². The molecule has 0 aliphatic rings. The van der Waals surface area contributed by atoms with Crippen LogP contribution in [0.5, 0.6) is 5.75 Å². The third-order valence-corrected chi connectivity index (χ3v) is 3.39. The van der Waals surface area contributed by atoms with Crippen molar-refractivity contribution in [3.05, 3.63) is 47.5 Å². The van der Waals surface area contributed by atoms with Gasteiger partial charge in [-0.2, -0.15) is 5.26 Å². The molecule has 0 aliphatic heterocycles. The van der Waals surface area contributed by atoms with Gasteiger partial charge >= 0.3 is 5.97 Å². The second-order valence-corrected chi connectivity index (χ2v) is 5.14. The van der Waals surface area contributed by atoms with E-state index < -0.39 is 5.97 Å². The Morgan fingerprint density at radius 2 is 2.12 bits per heavy atom. The number of anilines is 2. The standard InChI is InChI=1S/C18H20N4O3/c1-2-13-10-16(22-18(20)15(13)11-19)21-8-9-24-17(23)12-25-14-6-4-3-5-7-14/h3-7,10H,2,8-9,12H2,1H3,(H3,20,21,22). The van der Waals surface area contributed by atoms with Gasteiger partial charge in [0.15, 0.2) is 6.61 Å². The number of hydrogen-bond donors (Lipinski definition) is 2. The Bertz CT molecular complexity index is 757. The van der Waals surface area contributed by atoms with Crippen molar-refractivity contribution in [3.63, 3.8) is 0 Å². The van der Waals surface area contributed by atoms with Crippen molar-refractivity contribution >= 4 is 17.6 Å². The lowest BCUT2D eigenvalue weighted by Crippen LogP contribution is -2.19. The summed E-state index contributed by atoms with van der Waals surface area (Å²) in [5, 5.41) is 12.1. The molecule has 0 amide bonds. The Morgan fingerprint density at radius 3 is 2.80 bits per heavy atom. The number of nitriles is 1. The normalized spacial score (nSPS) is 9.92. The number of esters is 1. The molecule has 1 aromatic carbocycles. The first kappa shape index (κ1) is 18.1. The van der Waals surface area contributed by atoms with E-state index in [2.05, 4.69) is 16.4 Å². The molecule has 0 radical (unpaired) electrons. The first-order chi connectivity index (χ1) is 12.1. The van der Waals surface area contributed by atoms with Crippen LogP contribution >= 0.6 is 0 Å². The van der Waals surface area contributed by atoms with E-state index in [1.807, 2.05) is 25.1 Å². The topological polar surface area (TPSA) is 110 Å². The van der Waals surface area contributed by atoms with E-state index in [4.69, 9.17) is 20.5 Å². The van der Waals surface area contributed by atoms with Crippen LogP contribution in [0, 0.1) is 11.3 Å². The highest BCUT2D eigenvalue weighted by atomic mass is 16.6. The maximum Gasteiger partial charge on any atom is 0.344 e. The maximum absolute atomic E-state index is 11.6. The van der Waals surface area contributed by atoms with Crippen LogP contribution in [0.4, 0.5) is 11.6 Å². The van der Waals surface area contributed by atoms with Gasteiger partial charge in [0.05, 0.1) is 12.1 Å². The first-order valence-electron chi connectivity index (χ1n) is 7.91. The molecule has 0 bridgehead atoms. The molecule has 25 heavy (non-hydrogen) atoms. The molecule has 0 aliphatic carbocycles. The number of rotatable bonds is 8. The molecule has 7 nitrogen and oxygen atoms in total. The summed E-state index contributed by atoms with van der Waals surface area (Å²) in [5.74, 6) is 0.900. The number of nitrogen functional groups attached to an aromatic ring is 1. The number of nitrogens with one attached hydrogen (secondary N) is 1. The van der Waals surface area contributed by atoms with Crippen molar-refractivity contribution in [1.82, 2.24) is 4.98 Å². The van der Waals surface area contributed by atoms with E-state index in [9.17, 15) is 4.79 Å². The average molecular weight is 340 g/mol. The minimum absolute atomic E-state index is 0.147. The predicted molar refractivity (Wildman–Crippen MR) is 94.1 cm³/mol. The van der Waals surface area contributed by atoms with Crippen LogP contribution in [0.2, 0.25) is 0 Å². The highest BCUT2D eigenvalue weighted by Gasteiger charge is 2.09. The van der Waals surface area contributed by atoms with Gasteiger partial charge in [-0.15, -0.1) is 0 Å². The fourth-order valence-electron chi connectivity index (χ4n) is 2.16. The Labute approximate surface area is 146 Å². The van der Waals surface area contributed by atoms with E-state index in [1.165, 1.54) is 0 Å². The molecule has 2 rings (SSSR count). The Kier molecular flexibility index (Phi) is 6.60. The summed E-state index contributed by atoms with van der Waals surface area (Å²) in [4.78, 5) is 15.7. The molecule has 130 valence electrons. The van der Waals surface area contributed by atoms with E-state index in [-0.39, 0.29) is 19.0 Å². The predicted octanol–water partition coefficient (Wildman–Crippen LogP) is 2.13. The van der Waals surface area contributed by atoms with Crippen LogP contribution in [0.25, 0.3) is 0 Å². The Balaban J connectivity index is 1.75. The zero-order valence-electron chi connectivity index (χ0n) is 14.0. The average Bonchev–Trinajstić information content (AvgIpc) is 2.64. The number of para-hydroxylation sites is 1. The summed E-state index contributed by atoms with van der Waals surface area (Å²) in [5.41, 5.74) is 7.01. The lowest BCUT2D eigenvalue weighted by molar-refractivity contribution is -0.145. The number of nitrogens with zero attached hydrogens (tertiary/aromatic N) is 2. The molecule has 1 aromatic heterocycles. The van der Waals surface area contributed by atoms with Crippen molar-refractivity contribution in [2.24, 2.45) is 0 Å². The van der Waals surface area contributed by atoms with Crippen molar-refractivity contribution in [1.29, 1.82) is 5.26 Å². The minimum Gasteiger partial charge on any atom is -0.482 e. The number of benzene rings is 1. The van der Waals surface area contributed by atoms with Crippen molar-refractivity contribution in [3.8, 4) is 11.8 Å². The van der Waals surface area contributed by atoms with Crippen molar-refractivity contribution in [2.75, 3.05) is 30.8 Å². The number of nitrogens with two attached hydrogens (primary N) is 1. The van der Waals surface area contributed by atoms with Gasteiger partial charge in [0, 0.05) is 0 Å². The number of carbonyl (C=O) groups excluding carboxylic acids is 1. The SMILES string of the molecule is CCc1cc(NCCOC(=O)COc2ccccc2)nc(N)c1C#N. The van der Waals surface area contributed by atoms with Gasteiger partial charge in [0.1, 0.15) is 30.1 Å². The number of ether oxygens (including phenoxy) is 2. The van der Waals surface area contributed by atoms with Gasteiger partial charge in [-0.25, -0.2) is 9.78 Å². The van der Waals surface area contributed by atoms with E-state index in [0.717, 1.165) is 5.56 Å². The lowest BCUT2D eigenvalue weighted by Gasteiger charge is -2.11. The molecule has 0 saturated heterocycles. The zero-order valence-corrected chi connectivity index (χ0v) is 14.0. The van der Waals surface area contributed by atoms with E-state index >= 15 is 0 Å². The maximum atomic E-state index is 11.6. The third kappa shape index (κ3) is 5.39. The van der Waals surface area contributed by atoms with Gasteiger partial charge in [0.2, 0.25) is 0 Å². The smallest absolute Gasteiger partial charge is 0.344 e. The molecular formula is C18H20N4O3. The van der Waals surface area contributed by atoms with Crippen molar-refractivity contribution in [2.45, 2.75) is 13.3 Å². The summed E-state index contributed by atoms with van der Waals surface area (Å²) in [6.07, 6.45) is 0.677. The summed E-state index contributed by atoms with van der Waals surface area (Å²) < 4.78 is 10.4. The first-order valence-corrected chi connectivity index (χ1v) is 7.91. The largest absolute Gasteiger partial charge is 0.482 e. The number of hydrogen-bond acceptors (Lipinski definition) is 7. The van der Waals surface area contributed by atoms with Crippen LogP contribution in [0.3, 0.4) is 0 Å². The highest BCUT2D eigenvalue weighted by molar-refractivity contribution is 5.71. The molecule has 0 atom stereocenters. The Hall–Kier alpha value is -3.27. The monoisotopic (exact) mass is 340 g/mol. The second kappa shape index (κ2) is 9.13. The number of aromatic nitrogens is 1. The number of carbonyl (C=O) groups is 1. The fraction of sp³-hybridized carbons (Fsp3) is 0.278. The van der Waals surface area contributed by atoms with Gasteiger partial charge in [-0.05, 0) is 30.2 Å². The van der Waals surface area contributed by atoms with Crippen LogP contribution in [-0.2, 0) is 16.0 Å². The van der Waals surface area contributed by atoms with E-state index in [0.29, 0.717) is 30.1 Å². The van der Waals surface area contributed by atoms with Gasteiger partial charge in [0.25, 0.3) is 0 Å². The number of pyridine rings is 1. The van der Waals surface area contributed by atoms with Crippen LogP contribution in [-0.4, -0.2) is 30.7 Å².